The molecule has 0 aromatic heterocycles. The van der Waals surface area contributed by atoms with Gasteiger partial charge in [-0.25, -0.2) is 8.78 Å². The SMILES string of the molecule is OC(CCOc1ccc(F)cc1F)C1CCNCC1. The van der Waals surface area contributed by atoms with Gasteiger partial charge in [0.25, 0.3) is 0 Å². The Labute approximate surface area is 111 Å². The molecule has 0 bridgehead atoms. The Balaban J connectivity index is 1.76. The van der Waals surface area contributed by atoms with Gasteiger partial charge in [-0.3, -0.25) is 0 Å². The van der Waals surface area contributed by atoms with Crippen LogP contribution >= 0.6 is 0 Å². The van der Waals surface area contributed by atoms with Crippen LogP contribution in [0.4, 0.5) is 8.78 Å². The van der Waals surface area contributed by atoms with E-state index in [1.54, 1.807) is 0 Å². The summed E-state index contributed by atoms with van der Waals surface area (Å²) in [6.45, 7) is 2.08. The van der Waals surface area contributed by atoms with Crippen LogP contribution in [-0.2, 0) is 0 Å². The van der Waals surface area contributed by atoms with Crippen molar-refractivity contribution in [1.82, 2.24) is 5.32 Å². The van der Waals surface area contributed by atoms with Crippen LogP contribution < -0.4 is 10.1 Å². The van der Waals surface area contributed by atoms with Gasteiger partial charge < -0.3 is 15.2 Å². The summed E-state index contributed by atoms with van der Waals surface area (Å²) < 4.78 is 31.2. The first kappa shape index (κ1) is 14.2. The van der Waals surface area contributed by atoms with Gasteiger partial charge in [0.15, 0.2) is 11.6 Å². The normalized spacial score (nSPS) is 18.3. The highest BCUT2D eigenvalue weighted by Crippen LogP contribution is 2.21. The molecule has 1 atom stereocenters. The molecular formula is C14H19F2NO2. The molecule has 5 heteroatoms. The van der Waals surface area contributed by atoms with Crippen molar-refractivity contribution in [1.29, 1.82) is 0 Å². The van der Waals surface area contributed by atoms with E-state index < -0.39 is 17.7 Å². The number of aliphatic hydroxyl groups excluding tert-OH is 1. The first-order chi connectivity index (χ1) is 9.16. The van der Waals surface area contributed by atoms with Crippen LogP contribution in [0.5, 0.6) is 5.75 Å². The lowest BCUT2D eigenvalue weighted by molar-refractivity contribution is 0.0668. The Bertz CT molecular complexity index is 408. The van der Waals surface area contributed by atoms with E-state index in [-0.39, 0.29) is 18.3 Å². The van der Waals surface area contributed by atoms with Gasteiger partial charge in [-0.2, -0.15) is 0 Å². The second-order valence-electron chi connectivity index (χ2n) is 4.87. The van der Waals surface area contributed by atoms with Gasteiger partial charge in [-0.1, -0.05) is 0 Å². The summed E-state index contributed by atoms with van der Waals surface area (Å²) in [6.07, 6.45) is 1.94. The van der Waals surface area contributed by atoms with Crippen LogP contribution in [0.3, 0.4) is 0 Å². The van der Waals surface area contributed by atoms with E-state index in [1.807, 2.05) is 0 Å². The minimum atomic E-state index is -0.712. The average Bonchev–Trinajstić information content (AvgIpc) is 2.42. The van der Waals surface area contributed by atoms with Gasteiger partial charge in [-0.15, -0.1) is 0 Å². The zero-order valence-corrected chi connectivity index (χ0v) is 10.7. The average molecular weight is 271 g/mol. The van der Waals surface area contributed by atoms with Gasteiger partial charge in [0.05, 0.1) is 12.7 Å². The van der Waals surface area contributed by atoms with Crippen molar-refractivity contribution in [2.45, 2.75) is 25.4 Å². The number of hydrogen-bond acceptors (Lipinski definition) is 3. The Hall–Kier alpha value is -1.20. The molecule has 0 aliphatic carbocycles. The third kappa shape index (κ3) is 4.14. The highest BCUT2D eigenvalue weighted by Gasteiger charge is 2.21. The number of ether oxygens (including phenoxy) is 1. The van der Waals surface area contributed by atoms with Gasteiger partial charge in [0.1, 0.15) is 5.82 Å². The third-order valence-electron chi connectivity index (χ3n) is 3.49. The molecular weight excluding hydrogens is 252 g/mol. The number of piperidine rings is 1. The summed E-state index contributed by atoms with van der Waals surface area (Å²) in [6, 6.07) is 3.21. The molecule has 1 unspecified atom stereocenters. The summed E-state index contributed by atoms with van der Waals surface area (Å²) >= 11 is 0. The van der Waals surface area contributed by atoms with Crippen LogP contribution in [-0.4, -0.2) is 30.9 Å². The molecule has 1 heterocycles. The monoisotopic (exact) mass is 271 g/mol. The topological polar surface area (TPSA) is 41.5 Å². The van der Waals surface area contributed by atoms with Crippen molar-refractivity contribution >= 4 is 0 Å². The van der Waals surface area contributed by atoms with E-state index in [9.17, 15) is 13.9 Å². The summed E-state index contributed by atoms with van der Waals surface area (Å²) in [7, 11) is 0. The molecule has 19 heavy (non-hydrogen) atoms. The van der Waals surface area contributed by atoms with E-state index in [2.05, 4.69) is 5.32 Å². The van der Waals surface area contributed by atoms with E-state index in [0.717, 1.165) is 38.1 Å². The molecule has 106 valence electrons. The van der Waals surface area contributed by atoms with Crippen molar-refractivity contribution in [3.8, 4) is 5.75 Å². The number of benzene rings is 1. The number of nitrogens with one attached hydrogen (secondary N) is 1. The Morgan fingerprint density at radius 1 is 1.32 bits per heavy atom. The maximum Gasteiger partial charge on any atom is 0.167 e. The van der Waals surface area contributed by atoms with E-state index in [1.165, 1.54) is 6.07 Å². The lowest BCUT2D eigenvalue weighted by atomic mass is 9.91. The summed E-state index contributed by atoms with van der Waals surface area (Å²) in [5, 5.41) is 13.2. The molecule has 2 rings (SSSR count). The van der Waals surface area contributed by atoms with Gasteiger partial charge in [0, 0.05) is 12.5 Å². The molecule has 1 saturated heterocycles. The van der Waals surface area contributed by atoms with Gasteiger partial charge >= 0.3 is 0 Å². The van der Waals surface area contributed by atoms with Crippen LogP contribution in [0.1, 0.15) is 19.3 Å². The molecule has 1 aromatic rings. The maximum atomic E-state index is 13.3. The largest absolute Gasteiger partial charge is 0.490 e. The van der Waals surface area contributed by atoms with Crippen LogP contribution in [0.2, 0.25) is 0 Å². The second kappa shape index (κ2) is 6.82. The Morgan fingerprint density at radius 2 is 2.05 bits per heavy atom. The number of rotatable bonds is 5. The fourth-order valence-electron chi connectivity index (χ4n) is 2.35. The highest BCUT2D eigenvalue weighted by atomic mass is 19.1. The molecule has 1 aliphatic heterocycles. The molecule has 0 saturated carbocycles. The van der Waals surface area contributed by atoms with Crippen LogP contribution in [0.25, 0.3) is 0 Å². The Kier molecular flexibility index (Phi) is 5.10. The van der Waals surface area contributed by atoms with Crippen molar-refractivity contribution in [3.63, 3.8) is 0 Å². The predicted octanol–water partition coefficient (Wildman–Crippen LogP) is 2.09. The van der Waals surface area contributed by atoms with Crippen molar-refractivity contribution in [2.24, 2.45) is 5.92 Å². The summed E-state index contributed by atoms with van der Waals surface area (Å²) in [5.74, 6) is -1.03. The molecule has 3 nitrogen and oxygen atoms in total. The molecule has 1 fully saturated rings. The number of aliphatic hydroxyl groups is 1. The second-order valence-corrected chi connectivity index (χ2v) is 4.87. The minimum absolute atomic E-state index is 0.0268. The lowest BCUT2D eigenvalue weighted by Gasteiger charge is -2.27. The van der Waals surface area contributed by atoms with Crippen molar-refractivity contribution in [2.75, 3.05) is 19.7 Å². The number of hydrogen-bond donors (Lipinski definition) is 2. The van der Waals surface area contributed by atoms with Crippen LogP contribution in [0.15, 0.2) is 18.2 Å². The van der Waals surface area contributed by atoms with Gasteiger partial charge in [-0.05, 0) is 44.0 Å². The maximum absolute atomic E-state index is 13.3. The molecule has 2 N–H and O–H groups in total. The van der Waals surface area contributed by atoms with Gasteiger partial charge in [0.2, 0.25) is 0 Å². The number of halogens is 2. The summed E-state index contributed by atoms with van der Waals surface area (Å²) in [4.78, 5) is 0. The van der Waals surface area contributed by atoms with Crippen LogP contribution in [0, 0.1) is 17.6 Å². The van der Waals surface area contributed by atoms with Crippen molar-refractivity contribution < 1.29 is 18.6 Å². The van der Waals surface area contributed by atoms with Crippen molar-refractivity contribution in [3.05, 3.63) is 29.8 Å². The fourth-order valence-corrected chi connectivity index (χ4v) is 2.35. The smallest absolute Gasteiger partial charge is 0.167 e. The quantitative estimate of drug-likeness (QED) is 0.861. The highest BCUT2D eigenvalue weighted by molar-refractivity contribution is 5.24. The predicted molar refractivity (Wildman–Crippen MR) is 68.1 cm³/mol. The third-order valence-corrected chi connectivity index (χ3v) is 3.49. The molecule has 1 aromatic carbocycles. The first-order valence-electron chi connectivity index (χ1n) is 6.63. The molecule has 1 aliphatic rings. The molecule has 0 amide bonds. The first-order valence-corrected chi connectivity index (χ1v) is 6.63. The van der Waals surface area contributed by atoms with E-state index in [0.29, 0.717) is 6.42 Å². The summed E-state index contributed by atoms with van der Waals surface area (Å²) in [5.41, 5.74) is 0. The van der Waals surface area contributed by atoms with E-state index >= 15 is 0 Å². The zero-order valence-electron chi connectivity index (χ0n) is 10.7. The molecule has 0 spiro atoms. The zero-order chi connectivity index (χ0) is 13.7. The Morgan fingerprint density at radius 3 is 2.74 bits per heavy atom. The fraction of sp³-hybridized carbons (Fsp3) is 0.571. The van der Waals surface area contributed by atoms with E-state index in [4.69, 9.17) is 4.74 Å². The molecule has 0 radical (unpaired) electrons. The minimum Gasteiger partial charge on any atom is -0.490 e. The standard InChI is InChI=1S/C14H19F2NO2/c15-11-1-2-14(12(16)9-11)19-8-5-13(18)10-3-6-17-7-4-10/h1-2,9-10,13,17-18H,3-8H2. The lowest BCUT2D eigenvalue weighted by Crippen LogP contribution is -2.34.